The maximum Gasteiger partial charge on any atom is 0.317 e. The minimum Gasteiger partial charge on any atom is -0.481 e. The molecule has 6 heteroatoms. The van der Waals surface area contributed by atoms with Gasteiger partial charge < -0.3 is 20.4 Å². The lowest BCUT2D eigenvalue weighted by molar-refractivity contribution is -0.142. The molecule has 0 aromatic carbocycles. The molecule has 1 heterocycles. The van der Waals surface area contributed by atoms with Gasteiger partial charge in [-0.05, 0) is 31.8 Å². The Hall–Kier alpha value is -1.14. The van der Waals surface area contributed by atoms with Gasteiger partial charge in [0, 0.05) is 13.1 Å². The molecule has 0 aromatic rings. The largest absolute Gasteiger partial charge is 0.481 e. The van der Waals surface area contributed by atoms with Crippen LogP contribution in [0.3, 0.4) is 0 Å². The Balaban J connectivity index is 2.27. The topological polar surface area (TPSA) is 89.9 Å². The second kappa shape index (κ2) is 7.33. The molecule has 0 bridgehead atoms. The molecule has 104 valence electrons. The highest BCUT2D eigenvalue weighted by atomic mass is 16.4. The predicted molar refractivity (Wildman–Crippen MR) is 66.5 cm³/mol. The van der Waals surface area contributed by atoms with E-state index in [1.807, 2.05) is 0 Å². The monoisotopic (exact) mass is 258 g/mol. The molecule has 2 unspecified atom stereocenters. The zero-order valence-electron chi connectivity index (χ0n) is 10.8. The van der Waals surface area contributed by atoms with Crippen LogP contribution in [0.1, 0.15) is 19.8 Å². The van der Waals surface area contributed by atoms with E-state index in [1.54, 1.807) is 6.92 Å². The molecule has 1 saturated heterocycles. The van der Waals surface area contributed by atoms with Crippen LogP contribution in [0.25, 0.3) is 0 Å². The van der Waals surface area contributed by atoms with Crippen LogP contribution in [0.2, 0.25) is 0 Å². The van der Waals surface area contributed by atoms with Crippen molar-refractivity contribution in [2.24, 2.45) is 11.8 Å². The number of piperidine rings is 1. The highest BCUT2D eigenvalue weighted by Gasteiger charge is 2.23. The van der Waals surface area contributed by atoms with Crippen molar-refractivity contribution in [3.8, 4) is 0 Å². The fourth-order valence-corrected chi connectivity index (χ4v) is 2.33. The number of carbonyl (C=O) groups is 2. The van der Waals surface area contributed by atoms with Gasteiger partial charge in [-0.3, -0.25) is 9.59 Å². The van der Waals surface area contributed by atoms with E-state index in [-0.39, 0.29) is 12.5 Å². The standard InChI is InChI=1S/C12H22N2O4/c1-9(12(17)18)7-14-4-2-3-10(8-14)5-13-6-11(15)16/h9-10,13H,2-8H2,1H3,(H,15,16)(H,17,18). The molecule has 18 heavy (non-hydrogen) atoms. The van der Waals surface area contributed by atoms with Crippen molar-refractivity contribution >= 4 is 11.9 Å². The van der Waals surface area contributed by atoms with Gasteiger partial charge in [0.25, 0.3) is 0 Å². The molecule has 0 aromatic heterocycles. The summed E-state index contributed by atoms with van der Waals surface area (Å²) in [5.41, 5.74) is 0. The minimum absolute atomic E-state index is 0.0119. The molecular formula is C12H22N2O4. The zero-order valence-corrected chi connectivity index (χ0v) is 10.8. The molecule has 1 rings (SSSR count). The second-order valence-electron chi connectivity index (χ2n) is 5.03. The molecule has 0 saturated carbocycles. The summed E-state index contributed by atoms with van der Waals surface area (Å²) in [6, 6.07) is 0. The number of hydrogen-bond donors (Lipinski definition) is 3. The van der Waals surface area contributed by atoms with Crippen molar-refractivity contribution in [3.63, 3.8) is 0 Å². The smallest absolute Gasteiger partial charge is 0.317 e. The molecule has 1 aliphatic rings. The third kappa shape index (κ3) is 5.46. The van der Waals surface area contributed by atoms with Gasteiger partial charge in [-0.1, -0.05) is 6.92 Å². The number of aliphatic carboxylic acids is 2. The maximum atomic E-state index is 10.8. The molecule has 3 N–H and O–H groups in total. The molecule has 0 aliphatic carbocycles. The SMILES string of the molecule is CC(CN1CCCC(CNCC(=O)O)C1)C(=O)O. The van der Waals surface area contributed by atoms with E-state index in [2.05, 4.69) is 10.2 Å². The number of carboxylic acid groups (broad SMARTS) is 2. The molecule has 0 amide bonds. The van der Waals surface area contributed by atoms with E-state index in [1.165, 1.54) is 0 Å². The summed E-state index contributed by atoms with van der Waals surface area (Å²) in [6.07, 6.45) is 2.12. The number of likely N-dealkylation sites (tertiary alicyclic amines) is 1. The van der Waals surface area contributed by atoms with E-state index in [4.69, 9.17) is 10.2 Å². The molecule has 0 radical (unpaired) electrons. The van der Waals surface area contributed by atoms with E-state index >= 15 is 0 Å². The summed E-state index contributed by atoms with van der Waals surface area (Å²) in [6.45, 7) is 4.75. The van der Waals surface area contributed by atoms with Gasteiger partial charge >= 0.3 is 11.9 Å². The van der Waals surface area contributed by atoms with Crippen LogP contribution >= 0.6 is 0 Å². The third-order valence-electron chi connectivity index (χ3n) is 3.27. The lowest BCUT2D eigenvalue weighted by atomic mass is 9.97. The van der Waals surface area contributed by atoms with Gasteiger partial charge in [0.15, 0.2) is 0 Å². The highest BCUT2D eigenvalue weighted by Crippen LogP contribution is 2.16. The number of rotatable bonds is 7. The van der Waals surface area contributed by atoms with Crippen molar-refractivity contribution in [2.45, 2.75) is 19.8 Å². The van der Waals surface area contributed by atoms with Crippen molar-refractivity contribution in [1.29, 1.82) is 0 Å². The fourth-order valence-electron chi connectivity index (χ4n) is 2.33. The Labute approximate surface area is 107 Å². The van der Waals surface area contributed by atoms with Crippen LogP contribution in [0.15, 0.2) is 0 Å². The van der Waals surface area contributed by atoms with Gasteiger partial charge in [0.2, 0.25) is 0 Å². The molecule has 0 spiro atoms. The number of nitrogens with one attached hydrogen (secondary N) is 1. The van der Waals surface area contributed by atoms with E-state index < -0.39 is 11.9 Å². The first kappa shape index (κ1) is 14.9. The van der Waals surface area contributed by atoms with Crippen LogP contribution in [0, 0.1) is 11.8 Å². The van der Waals surface area contributed by atoms with E-state index in [9.17, 15) is 9.59 Å². The van der Waals surface area contributed by atoms with Crippen molar-refractivity contribution in [2.75, 3.05) is 32.7 Å². The first-order valence-electron chi connectivity index (χ1n) is 6.36. The lowest BCUT2D eigenvalue weighted by Crippen LogP contribution is -2.43. The van der Waals surface area contributed by atoms with E-state index in [0.717, 1.165) is 25.9 Å². The van der Waals surface area contributed by atoms with Crippen molar-refractivity contribution < 1.29 is 19.8 Å². The average molecular weight is 258 g/mol. The van der Waals surface area contributed by atoms with Gasteiger partial charge in [-0.2, -0.15) is 0 Å². The number of nitrogens with zero attached hydrogens (tertiary/aromatic N) is 1. The highest BCUT2D eigenvalue weighted by molar-refractivity contribution is 5.69. The summed E-state index contributed by atoms with van der Waals surface area (Å²) in [5.74, 6) is -1.54. The normalized spacial score (nSPS) is 22.6. The first-order chi connectivity index (χ1) is 8.49. The third-order valence-corrected chi connectivity index (χ3v) is 3.27. The lowest BCUT2D eigenvalue weighted by Gasteiger charge is -2.33. The van der Waals surface area contributed by atoms with Crippen LogP contribution in [0.5, 0.6) is 0 Å². The molecule has 6 nitrogen and oxygen atoms in total. The quantitative estimate of drug-likeness (QED) is 0.600. The summed E-state index contributed by atoms with van der Waals surface area (Å²) in [5, 5.41) is 20.3. The minimum atomic E-state index is -0.845. The Kier molecular flexibility index (Phi) is 6.07. The van der Waals surface area contributed by atoms with Gasteiger partial charge in [0.05, 0.1) is 12.5 Å². The summed E-state index contributed by atoms with van der Waals surface area (Å²) < 4.78 is 0. The fraction of sp³-hybridized carbons (Fsp3) is 0.833. The van der Waals surface area contributed by atoms with Crippen molar-refractivity contribution in [3.05, 3.63) is 0 Å². The van der Waals surface area contributed by atoms with E-state index in [0.29, 0.717) is 19.0 Å². The number of hydrogen-bond acceptors (Lipinski definition) is 4. The molecule has 1 fully saturated rings. The van der Waals surface area contributed by atoms with Gasteiger partial charge in [-0.15, -0.1) is 0 Å². The maximum absolute atomic E-state index is 10.8. The molecule has 1 aliphatic heterocycles. The van der Waals surface area contributed by atoms with Crippen LogP contribution in [-0.2, 0) is 9.59 Å². The Morgan fingerprint density at radius 3 is 2.78 bits per heavy atom. The van der Waals surface area contributed by atoms with Crippen LogP contribution < -0.4 is 5.32 Å². The Bertz CT molecular complexity index is 296. The zero-order chi connectivity index (χ0) is 13.5. The first-order valence-corrected chi connectivity index (χ1v) is 6.36. The van der Waals surface area contributed by atoms with Crippen LogP contribution in [-0.4, -0.2) is 59.8 Å². The average Bonchev–Trinajstić information content (AvgIpc) is 2.28. The molecular weight excluding hydrogens is 236 g/mol. The Morgan fingerprint density at radius 1 is 1.44 bits per heavy atom. The predicted octanol–water partition coefficient (Wildman–Crippen LogP) is 0.0933. The number of carboxylic acids is 2. The Morgan fingerprint density at radius 2 is 2.17 bits per heavy atom. The van der Waals surface area contributed by atoms with Gasteiger partial charge in [-0.25, -0.2) is 0 Å². The second-order valence-corrected chi connectivity index (χ2v) is 5.03. The molecule has 2 atom stereocenters. The van der Waals surface area contributed by atoms with Crippen LogP contribution in [0.4, 0.5) is 0 Å². The summed E-state index contributed by atoms with van der Waals surface area (Å²) in [7, 11) is 0. The van der Waals surface area contributed by atoms with Gasteiger partial charge in [0.1, 0.15) is 0 Å². The van der Waals surface area contributed by atoms with Crippen molar-refractivity contribution in [1.82, 2.24) is 10.2 Å². The summed E-state index contributed by atoms with van der Waals surface area (Å²) in [4.78, 5) is 23.3. The summed E-state index contributed by atoms with van der Waals surface area (Å²) >= 11 is 0.